The van der Waals surface area contributed by atoms with Crippen LogP contribution in [0.4, 0.5) is 0 Å². The standard InChI is InChI=1S/C13H22ClN3/c14-9-12-3-1-4-13(12)10-15-5-2-7-17-8-6-16-11-17/h6,8,11-13,15H,1-5,7,9-10H2. The molecule has 1 aliphatic carbocycles. The van der Waals surface area contributed by atoms with E-state index in [1.807, 2.05) is 18.7 Å². The van der Waals surface area contributed by atoms with Crippen molar-refractivity contribution >= 4 is 11.6 Å². The van der Waals surface area contributed by atoms with E-state index in [0.29, 0.717) is 0 Å². The van der Waals surface area contributed by atoms with E-state index in [9.17, 15) is 0 Å². The van der Waals surface area contributed by atoms with Crippen LogP contribution >= 0.6 is 11.6 Å². The lowest BCUT2D eigenvalue weighted by Crippen LogP contribution is -2.27. The normalized spacial score (nSPS) is 24.3. The summed E-state index contributed by atoms with van der Waals surface area (Å²) in [6, 6.07) is 0. The molecule has 0 bridgehead atoms. The quantitative estimate of drug-likeness (QED) is 0.599. The number of aryl methyl sites for hydroxylation is 1. The number of nitrogens with zero attached hydrogens (tertiary/aromatic N) is 2. The van der Waals surface area contributed by atoms with Crippen LogP contribution in [0, 0.1) is 11.8 Å². The lowest BCUT2D eigenvalue weighted by Gasteiger charge is -2.17. The van der Waals surface area contributed by atoms with Crippen LogP contribution in [-0.2, 0) is 6.54 Å². The zero-order valence-corrected chi connectivity index (χ0v) is 11.1. The fourth-order valence-corrected chi connectivity index (χ4v) is 3.08. The van der Waals surface area contributed by atoms with Crippen molar-refractivity contribution in [2.24, 2.45) is 11.8 Å². The van der Waals surface area contributed by atoms with Gasteiger partial charge in [0.25, 0.3) is 0 Å². The molecule has 0 aliphatic heterocycles. The Morgan fingerprint density at radius 1 is 1.35 bits per heavy atom. The second-order valence-corrected chi connectivity index (χ2v) is 5.27. The molecule has 0 spiro atoms. The zero-order valence-electron chi connectivity index (χ0n) is 10.3. The molecule has 1 aromatic rings. The van der Waals surface area contributed by atoms with Crippen LogP contribution in [0.3, 0.4) is 0 Å². The average Bonchev–Trinajstić information content (AvgIpc) is 2.98. The van der Waals surface area contributed by atoms with E-state index >= 15 is 0 Å². The third-order valence-corrected chi connectivity index (χ3v) is 4.15. The Morgan fingerprint density at radius 2 is 2.24 bits per heavy atom. The van der Waals surface area contributed by atoms with Gasteiger partial charge in [0.05, 0.1) is 6.33 Å². The van der Waals surface area contributed by atoms with Gasteiger partial charge in [-0.1, -0.05) is 6.42 Å². The summed E-state index contributed by atoms with van der Waals surface area (Å²) in [5.41, 5.74) is 0. The number of alkyl halides is 1. The summed E-state index contributed by atoms with van der Waals surface area (Å²) in [5, 5.41) is 3.56. The second-order valence-electron chi connectivity index (χ2n) is 4.96. The Bertz CT molecular complexity index is 300. The number of hydrogen-bond donors (Lipinski definition) is 1. The Balaban J connectivity index is 1.54. The summed E-state index contributed by atoms with van der Waals surface area (Å²) in [5.74, 6) is 2.39. The van der Waals surface area contributed by atoms with E-state index in [4.69, 9.17) is 11.6 Å². The topological polar surface area (TPSA) is 29.9 Å². The van der Waals surface area contributed by atoms with E-state index in [1.54, 1.807) is 0 Å². The predicted octanol–water partition coefficient (Wildman–Crippen LogP) is 2.52. The molecule has 2 unspecified atom stereocenters. The largest absolute Gasteiger partial charge is 0.337 e. The summed E-state index contributed by atoms with van der Waals surface area (Å²) >= 11 is 5.97. The van der Waals surface area contributed by atoms with E-state index in [2.05, 4.69) is 14.9 Å². The van der Waals surface area contributed by atoms with Crippen LogP contribution in [0.15, 0.2) is 18.7 Å². The maximum absolute atomic E-state index is 5.97. The van der Waals surface area contributed by atoms with E-state index in [1.165, 1.54) is 19.3 Å². The van der Waals surface area contributed by atoms with Gasteiger partial charge >= 0.3 is 0 Å². The van der Waals surface area contributed by atoms with Gasteiger partial charge in [-0.2, -0.15) is 0 Å². The first kappa shape index (κ1) is 12.9. The fraction of sp³-hybridized carbons (Fsp3) is 0.769. The highest BCUT2D eigenvalue weighted by Gasteiger charge is 2.25. The van der Waals surface area contributed by atoms with E-state index < -0.39 is 0 Å². The van der Waals surface area contributed by atoms with Crippen molar-refractivity contribution in [2.45, 2.75) is 32.2 Å². The predicted molar refractivity (Wildman–Crippen MR) is 71.3 cm³/mol. The molecular formula is C13H22ClN3. The highest BCUT2D eigenvalue weighted by Crippen LogP contribution is 2.31. The smallest absolute Gasteiger partial charge is 0.0945 e. The molecule has 2 rings (SSSR count). The van der Waals surface area contributed by atoms with Crippen molar-refractivity contribution < 1.29 is 0 Å². The van der Waals surface area contributed by atoms with Gasteiger partial charge in [-0.3, -0.25) is 0 Å². The van der Waals surface area contributed by atoms with Gasteiger partial charge in [0.15, 0.2) is 0 Å². The third kappa shape index (κ3) is 4.00. The molecule has 1 aliphatic rings. The molecule has 0 radical (unpaired) electrons. The number of nitrogens with one attached hydrogen (secondary N) is 1. The minimum absolute atomic E-state index is 0.748. The molecule has 4 heteroatoms. The molecule has 1 fully saturated rings. The SMILES string of the molecule is ClCC1CCCC1CNCCCn1ccnc1. The molecule has 1 aromatic heterocycles. The van der Waals surface area contributed by atoms with Gasteiger partial charge in [0.1, 0.15) is 0 Å². The maximum atomic E-state index is 5.97. The van der Waals surface area contributed by atoms with Gasteiger partial charge in [-0.15, -0.1) is 11.6 Å². The first-order valence-corrected chi connectivity index (χ1v) is 7.16. The molecule has 0 amide bonds. The lowest BCUT2D eigenvalue weighted by molar-refractivity contribution is 0.392. The highest BCUT2D eigenvalue weighted by atomic mass is 35.5. The molecule has 0 aromatic carbocycles. The van der Waals surface area contributed by atoms with Gasteiger partial charge in [-0.05, 0) is 44.2 Å². The van der Waals surface area contributed by atoms with Gasteiger partial charge in [0, 0.05) is 24.8 Å². The molecule has 1 saturated carbocycles. The molecule has 2 atom stereocenters. The second kappa shape index (κ2) is 7.02. The molecule has 17 heavy (non-hydrogen) atoms. The van der Waals surface area contributed by atoms with E-state index in [-0.39, 0.29) is 0 Å². The summed E-state index contributed by atoms with van der Waals surface area (Å²) in [6.07, 6.45) is 10.9. The minimum Gasteiger partial charge on any atom is -0.337 e. The molecule has 1 N–H and O–H groups in total. The number of aromatic nitrogens is 2. The molecule has 1 heterocycles. The van der Waals surface area contributed by atoms with Crippen molar-refractivity contribution in [3.63, 3.8) is 0 Å². The molecule has 3 nitrogen and oxygen atoms in total. The summed E-state index contributed by atoms with van der Waals surface area (Å²) in [7, 11) is 0. The molecule has 96 valence electrons. The minimum atomic E-state index is 0.748. The van der Waals surface area contributed by atoms with E-state index in [0.717, 1.165) is 43.8 Å². The number of rotatable bonds is 7. The van der Waals surface area contributed by atoms with Crippen LogP contribution in [0.2, 0.25) is 0 Å². The summed E-state index contributed by atoms with van der Waals surface area (Å²) in [4.78, 5) is 4.03. The van der Waals surface area contributed by atoms with Crippen molar-refractivity contribution in [1.82, 2.24) is 14.9 Å². The van der Waals surface area contributed by atoms with Crippen molar-refractivity contribution in [1.29, 1.82) is 0 Å². The zero-order chi connectivity index (χ0) is 11.9. The summed E-state index contributed by atoms with van der Waals surface area (Å²) < 4.78 is 2.12. The number of hydrogen-bond acceptors (Lipinski definition) is 2. The first-order valence-electron chi connectivity index (χ1n) is 6.62. The van der Waals surface area contributed by atoms with Crippen molar-refractivity contribution in [3.05, 3.63) is 18.7 Å². The van der Waals surface area contributed by atoms with Crippen LogP contribution in [0.1, 0.15) is 25.7 Å². The Hall–Kier alpha value is -0.540. The van der Waals surface area contributed by atoms with Crippen LogP contribution in [0.5, 0.6) is 0 Å². The van der Waals surface area contributed by atoms with Gasteiger partial charge < -0.3 is 9.88 Å². The average molecular weight is 256 g/mol. The fourth-order valence-electron chi connectivity index (χ4n) is 2.68. The maximum Gasteiger partial charge on any atom is 0.0945 e. The number of halogens is 1. The van der Waals surface area contributed by atoms with Gasteiger partial charge in [-0.25, -0.2) is 4.98 Å². The molecule has 0 saturated heterocycles. The lowest BCUT2D eigenvalue weighted by atomic mass is 9.98. The monoisotopic (exact) mass is 255 g/mol. The Morgan fingerprint density at radius 3 is 3.00 bits per heavy atom. The van der Waals surface area contributed by atoms with Crippen molar-refractivity contribution in [2.75, 3.05) is 19.0 Å². The third-order valence-electron chi connectivity index (χ3n) is 3.75. The first-order chi connectivity index (χ1) is 8.40. The number of imidazole rings is 1. The summed E-state index contributed by atoms with van der Waals surface area (Å²) in [6.45, 7) is 3.28. The van der Waals surface area contributed by atoms with Gasteiger partial charge in [0.2, 0.25) is 0 Å². The Kier molecular flexibility index (Phi) is 5.33. The van der Waals surface area contributed by atoms with Crippen LogP contribution in [-0.4, -0.2) is 28.5 Å². The Labute approximate surface area is 109 Å². The molecular weight excluding hydrogens is 234 g/mol. The highest BCUT2D eigenvalue weighted by molar-refractivity contribution is 6.18. The van der Waals surface area contributed by atoms with Crippen LogP contribution < -0.4 is 5.32 Å². The van der Waals surface area contributed by atoms with Crippen molar-refractivity contribution in [3.8, 4) is 0 Å². The van der Waals surface area contributed by atoms with Crippen LogP contribution in [0.25, 0.3) is 0 Å².